The van der Waals surface area contributed by atoms with Crippen LogP contribution in [0.2, 0.25) is 5.02 Å². The zero-order chi connectivity index (χ0) is 14.9. The first-order chi connectivity index (χ1) is 9.27. The molecule has 0 fully saturated rings. The van der Waals surface area contributed by atoms with E-state index in [4.69, 9.17) is 27.0 Å². The van der Waals surface area contributed by atoms with Crippen LogP contribution in [0.25, 0.3) is 0 Å². The lowest BCUT2D eigenvalue weighted by molar-refractivity contribution is 0.405. The van der Waals surface area contributed by atoms with E-state index >= 15 is 0 Å². The van der Waals surface area contributed by atoms with Gasteiger partial charge in [0.15, 0.2) is 17.4 Å². The summed E-state index contributed by atoms with van der Waals surface area (Å²) in [5.74, 6) is -2.94. The topological polar surface area (TPSA) is 43.4 Å². The van der Waals surface area contributed by atoms with Crippen molar-refractivity contribution in [1.82, 2.24) is 0 Å². The van der Waals surface area contributed by atoms with Gasteiger partial charge in [-0.05, 0) is 36.4 Å². The van der Waals surface area contributed by atoms with Crippen LogP contribution in [0, 0.1) is 11.6 Å². The summed E-state index contributed by atoms with van der Waals surface area (Å²) >= 11 is 5.66. The van der Waals surface area contributed by atoms with Crippen molar-refractivity contribution in [3.8, 4) is 11.5 Å². The van der Waals surface area contributed by atoms with Crippen molar-refractivity contribution in [3.05, 3.63) is 53.1 Å². The van der Waals surface area contributed by atoms with E-state index in [9.17, 15) is 17.2 Å². The molecule has 8 heteroatoms. The van der Waals surface area contributed by atoms with Gasteiger partial charge in [-0.15, -0.1) is 0 Å². The van der Waals surface area contributed by atoms with Crippen molar-refractivity contribution < 1.29 is 21.9 Å². The molecule has 0 aromatic heterocycles. The number of rotatable bonds is 3. The third-order valence-corrected chi connectivity index (χ3v) is 3.87. The van der Waals surface area contributed by atoms with E-state index in [0.29, 0.717) is 17.2 Å². The molecule has 0 N–H and O–H groups in total. The zero-order valence-electron chi connectivity index (χ0n) is 9.61. The molecule has 0 bridgehead atoms. The Kier molecular flexibility index (Phi) is 4.17. The van der Waals surface area contributed by atoms with Gasteiger partial charge in [0.25, 0.3) is 9.05 Å². The average molecular weight is 339 g/mol. The number of ether oxygens (including phenoxy) is 1. The Morgan fingerprint density at radius 2 is 1.50 bits per heavy atom. The lowest BCUT2D eigenvalue weighted by atomic mass is 10.3. The minimum atomic E-state index is -4.22. The van der Waals surface area contributed by atoms with Crippen molar-refractivity contribution in [2.45, 2.75) is 4.90 Å². The molecule has 0 spiro atoms. The SMILES string of the molecule is O=S(=O)(Cl)c1cc(F)c(Oc2ccc(Cl)cc2)c(F)c1. The highest BCUT2D eigenvalue weighted by Crippen LogP contribution is 2.31. The van der Waals surface area contributed by atoms with E-state index in [-0.39, 0.29) is 5.75 Å². The Morgan fingerprint density at radius 3 is 1.95 bits per heavy atom. The predicted octanol–water partition coefficient (Wildman–Crippen LogP) is 4.34. The number of benzene rings is 2. The number of hydrogen-bond acceptors (Lipinski definition) is 3. The number of halogens is 4. The zero-order valence-corrected chi connectivity index (χ0v) is 11.9. The van der Waals surface area contributed by atoms with Crippen LogP contribution in [-0.2, 0) is 9.05 Å². The van der Waals surface area contributed by atoms with E-state index in [1.807, 2.05) is 0 Å². The van der Waals surface area contributed by atoms with Gasteiger partial charge in [-0.3, -0.25) is 0 Å². The van der Waals surface area contributed by atoms with Crippen LogP contribution in [0.4, 0.5) is 8.78 Å². The van der Waals surface area contributed by atoms with E-state index in [1.165, 1.54) is 24.3 Å². The predicted molar refractivity (Wildman–Crippen MR) is 70.9 cm³/mol. The van der Waals surface area contributed by atoms with Crippen LogP contribution in [0.15, 0.2) is 41.3 Å². The van der Waals surface area contributed by atoms with Crippen molar-refractivity contribution in [2.24, 2.45) is 0 Å². The highest BCUT2D eigenvalue weighted by atomic mass is 35.7. The normalized spacial score (nSPS) is 11.4. The third kappa shape index (κ3) is 3.39. The van der Waals surface area contributed by atoms with Gasteiger partial charge >= 0.3 is 0 Å². The van der Waals surface area contributed by atoms with Gasteiger partial charge in [-0.2, -0.15) is 0 Å². The molecule has 0 saturated carbocycles. The molecule has 3 nitrogen and oxygen atoms in total. The van der Waals surface area contributed by atoms with Crippen molar-refractivity contribution >= 4 is 31.3 Å². The van der Waals surface area contributed by atoms with Crippen LogP contribution < -0.4 is 4.74 Å². The molecule has 0 unspecified atom stereocenters. The summed E-state index contributed by atoms with van der Waals surface area (Å²) in [7, 11) is 0.792. The maximum absolute atomic E-state index is 13.7. The van der Waals surface area contributed by atoms with Crippen LogP contribution >= 0.6 is 22.3 Å². The number of hydrogen-bond donors (Lipinski definition) is 0. The van der Waals surface area contributed by atoms with Gasteiger partial charge in [0.1, 0.15) is 5.75 Å². The maximum atomic E-state index is 13.7. The average Bonchev–Trinajstić information content (AvgIpc) is 2.34. The molecule has 0 aliphatic rings. The summed E-state index contributed by atoms with van der Waals surface area (Å²) < 4.78 is 54.4. The Morgan fingerprint density at radius 1 is 1.00 bits per heavy atom. The Labute approximate surface area is 123 Å². The maximum Gasteiger partial charge on any atom is 0.261 e. The van der Waals surface area contributed by atoms with Crippen LogP contribution in [0.5, 0.6) is 11.5 Å². The lowest BCUT2D eigenvalue weighted by Crippen LogP contribution is -1.98. The van der Waals surface area contributed by atoms with E-state index in [0.717, 1.165) is 0 Å². The molecule has 2 aromatic carbocycles. The summed E-state index contributed by atoms with van der Waals surface area (Å²) in [5.41, 5.74) is 0. The monoisotopic (exact) mass is 338 g/mol. The second-order valence-corrected chi connectivity index (χ2v) is 6.71. The van der Waals surface area contributed by atoms with Crippen molar-refractivity contribution in [3.63, 3.8) is 0 Å². The quantitative estimate of drug-likeness (QED) is 0.782. The highest BCUT2D eigenvalue weighted by Gasteiger charge is 2.19. The third-order valence-electron chi connectivity index (χ3n) is 2.29. The lowest BCUT2D eigenvalue weighted by Gasteiger charge is -2.09. The molecule has 0 atom stereocenters. The van der Waals surface area contributed by atoms with Crippen molar-refractivity contribution in [2.75, 3.05) is 0 Å². The van der Waals surface area contributed by atoms with Gasteiger partial charge < -0.3 is 4.74 Å². The Balaban J connectivity index is 2.41. The Hall–Kier alpha value is -1.37. The first-order valence-corrected chi connectivity index (χ1v) is 7.83. The summed E-state index contributed by atoms with van der Waals surface area (Å²) in [6.45, 7) is 0. The van der Waals surface area contributed by atoms with E-state index < -0.39 is 31.3 Å². The van der Waals surface area contributed by atoms with Crippen molar-refractivity contribution in [1.29, 1.82) is 0 Å². The molecular weight excluding hydrogens is 333 g/mol. The second-order valence-electron chi connectivity index (χ2n) is 3.71. The molecular formula is C12H6Cl2F2O3S. The minimum absolute atomic E-state index is 0.147. The van der Waals surface area contributed by atoms with E-state index in [2.05, 4.69) is 0 Å². The fourth-order valence-electron chi connectivity index (χ4n) is 1.40. The van der Waals surface area contributed by atoms with Gasteiger partial charge in [0, 0.05) is 15.7 Å². The fraction of sp³-hybridized carbons (Fsp3) is 0. The van der Waals surface area contributed by atoms with Gasteiger partial charge in [0.2, 0.25) is 0 Å². The molecule has 0 heterocycles. The molecule has 0 amide bonds. The van der Waals surface area contributed by atoms with Gasteiger partial charge in [-0.25, -0.2) is 17.2 Å². The Bertz CT molecular complexity index is 723. The fourth-order valence-corrected chi connectivity index (χ4v) is 2.28. The first kappa shape index (κ1) is 15.0. The summed E-state index contributed by atoms with van der Waals surface area (Å²) in [6, 6.07) is 6.93. The molecule has 0 aliphatic heterocycles. The standard InChI is InChI=1S/C12H6Cl2F2O3S/c13-7-1-3-8(4-2-7)19-12-10(15)5-9(6-11(12)16)20(14,17)18/h1-6H. The molecule has 2 rings (SSSR count). The molecule has 0 saturated heterocycles. The largest absolute Gasteiger partial charge is 0.451 e. The molecule has 0 aliphatic carbocycles. The second kappa shape index (κ2) is 5.55. The summed E-state index contributed by atoms with van der Waals surface area (Å²) in [4.78, 5) is -0.683. The molecule has 2 aromatic rings. The summed E-state index contributed by atoms with van der Waals surface area (Å²) in [5, 5.41) is 0.432. The van der Waals surface area contributed by atoms with Crippen LogP contribution in [0.1, 0.15) is 0 Å². The smallest absolute Gasteiger partial charge is 0.261 e. The van der Waals surface area contributed by atoms with Crippen LogP contribution in [0.3, 0.4) is 0 Å². The molecule has 20 heavy (non-hydrogen) atoms. The minimum Gasteiger partial charge on any atom is -0.451 e. The first-order valence-electron chi connectivity index (χ1n) is 5.14. The van der Waals surface area contributed by atoms with E-state index in [1.54, 1.807) is 0 Å². The van der Waals surface area contributed by atoms with Gasteiger partial charge in [-0.1, -0.05) is 11.6 Å². The summed E-state index contributed by atoms with van der Waals surface area (Å²) in [6.07, 6.45) is 0. The molecule has 106 valence electrons. The van der Waals surface area contributed by atoms with Gasteiger partial charge in [0.05, 0.1) is 4.90 Å². The highest BCUT2D eigenvalue weighted by molar-refractivity contribution is 8.13. The van der Waals surface area contributed by atoms with Crippen LogP contribution in [-0.4, -0.2) is 8.42 Å². The molecule has 0 radical (unpaired) electrons.